The van der Waals surface area contributed by atoms with Crippen LogP contribution >= 0.6 is 23.2 Å². The standard InChI is InChI=1S/C29H29Cl2F2N3O9S/c1-16(37)35-23-10-19(6-8-24(23)42-2)46(40,41)34-12-28(38)44-26(11-20-21(30)13-36(39)14-22(20)31)18-5-7-25(45-29(32)33)27(9-18)43-15-17-3-4-17/h5-10,13-14,17,26,29,34H,3-4,11-12,15H2,1-2H3,(H,35,37)/t26-/m0/s1. The smallest absolute Gasteiger partial charge is 0.387 e. The number of amides is 1. The Morgan fingerprint density at radius 1 is 1.07 bits per heavy atom. The molecule has 1 saturated carbocycles. The van der Waals surface area contributed by atoms with E-state index in [1.165, 1.54) is 44.4 Å². The van der Waals surface area contributed by atoms with Crippen LogP contribution in [0.5, 0.6) is 17.2 Å². The number of carbonyl (C=O) groups excluding carboxylic acids is 2. The van der Waals surface area contributed by atoms with Crippen LogP contribution in [0.4, 0.5) is 14.5 Å². The fraction of sp³-hybridized carbons (Fsp3) is 0.345. The Bertz CT molecular complexity index is 1690. The molecular weight excluding hydrogens is 675 g/mol. The van der Waals surface area contributed by atoms with Gasteiger partial charge in [0.2, 0.25) is 15.9 Å². The fourth-order valence-corrected chi connectivity index (χ4v) is 5.83. The Balaban J connectivity index is 1.59. The zero-order valence-corrected chi connectivity index (χ0v) is 26.8. The van der Waals surface area contributed by atoms with Crippen LogP contribution in [0, 0.1) is 11.1 Å². The van der Waals surface area contributed by atoms with E-state index in [0.29, 0.717) is 4.73 Å². The van der Waals surface area contributed by atoms with Crippen LogP contribution in [0.15, 0.2) is 53.7 Å². The largest absolute Gasteiger partial charge is 0.619 e. The van der Waals surface area contributed by atoms with Gasteiger partial charge in [0.1, 0.15) is 28.4 Å². The van der Waals surface area contributed by atoms with Gasteiger partial charge < -0.3 is 29.5 Å². The summed E-state index contributed by atoms with van der Waals surface area (Å²) in [6, 6.07) is 7.66. The quantitative estimate of drug-likeness (QED) is 0.129. The molecule has 46 heavy (non-hydrogen) atoms. The number of benzene rings is 2. The van der Waals surface area contributed by atoms with Crippen molar-refractivity contribution in [3.63, 3.8) is 0 Å². The van der Waals surface area contributed by atoms with Crippen molar-refractivity contribution in [1.82, 2.24) is 4.72 Å². The highest BCUT2D eigenvalue weighted by Gasteiger charge is 2.27. The summed E-state index contributed by atoms with van der Waals surface area (Å²) in [7, 11) is -2.95. The number of hydrogen-bond acceptors (Lipinski definition) is 9. The molecule has 12 nitrogen and oxygen atoms in total. The van der Waals surface area contributed by atoms with Crippen LogP contribution in [0.3, 0.4) is 0 Å². The second-order valence-corrected chi connectivity index (χ2v) is 12.8. The van der Waals surface area contributed by atoms with Crippen molar-refractivity contribution >= 4 is 50.8 Å². The number of nitrogens with zero attached hydrogens (tertiary/aromatic N) is 1. The Morgan fingerprint density at radius 3 is 2.35 bits per heavy atom. The molecule has 0 spiro atoms. The molecule has 17 heteroatoms. The van der Waals surface area contributed by atoms with Gasteiger partial charge in [0.15, 0.2) is 23.9 Å². The van der Waals surface area contributed by atoms with E-state index >= 15 is 0 Å². The number of carbonyl (C=O) groups is 2. The molecule has 3 aromatic rings. The number of halogens is 4. The third kappa shape index (κ3) is 9.55. The van der Waals surface area contributed by atoms with Crippen molar-refractivity contribution in [3.8, 4) is 17.2 Å². The number of sulfonamides is 1. The van der Waals surface area contributed by atoms with Gasteiger partial charge in [-0.25, -0.2) is 8.42 Å². The number of rotatable bonds is 15. The summed E-state index contributed by atoms with van der Waals surface area (Å²) < 4.78 is 75.9. The molecule has 1 aliphatic rings. The molecule has 248 valence electrons. The molecule has 1 fully saturated rings. The first kappa shape index (κ1) is 34.9. The van der Waals surface area contributed by atoms with Crippen molar-refractivity contribution < 1.29 is 50.5 Å². The highest BCUT2D eigenvalue weighted by Crippen LogP contribution is 2.38. The summed E-state index contributed by atoms with van der Waals surface area (Å²) in [5, 5.41) is 14.2. The number of pyridine rings is 1. The van der Waals surface area contributed by atoms with E-state index in [1.54, 1.807) is 0 Å². The average molecular weight is 705 g/mol. The molecule has 4 rings (SSSR count). The van der Waals surface area contributed by atoms with E-state index in [-0.39, 0.29) is 67.9 Å². The molecule has 1 atom stereocenters. The number of hydrogen-bond donors (Lipinski definition) is 2. The molecule has 2 N–H and O–H groups in total. The van der Waals surface area contributed by atoms with Crippen LogP contribution in [-0.2, 0) is 30.8 Å². The predicted molar refractivity (Wildman–Crippen MR) is 162 cm³/mol. The molecule has 0 unspecified atom stereocenters. The molecule has 1 aromatic heterocycles. The Hall–Kier alpha value is -3.92. The second-order valence-electron chi connectivity index (χ2n) is 10.2. The minimum Gasteiger partial charge on any atom is -0.619 e. The van der Waals surface area contributed by atoms with E-state index in [9.17, 15) is 32.0 Å². The lowest BCUT2D eigenvalue weighted by Gasteiger charge is -2.21. The number of ether oxygens (including phenoxy) is 4. The van der Waals surface area contributed by atoms with Crippen LogP contribution in [-0.4, -0.2) is 47.2 Å². The van der Waals surface area contributed by atoms with Gasteiger partial charge in [0.25, 0.3) is 0 Å². The number of esters is 1. The topological polar surface area (TPSA) is 156 Å². The molecule has 1 aliphatic carbocycles. The monoisotopic (exact) mass is 703 g/mol. The van der Waals surface area contributed by atoms with E-state index in [2.05, 4.69) is 14.8 Å². The third-order valence-electron chi connectivity index (χ3n) is 6.65. The number of aromatic nitrogens is 1. The zero-order chi connectivity index (χ0) is 33.6. The van der Waals surface area contributed by atoms with Crippen LogP contribution in [0.25, 0.3) is 0 Å². The van der Waals surface area contributed by atoms with Crippen molar-refractivity contribution in [2.75, 3.05) is 25.6 Å². The lowest BCUT2D eigenvalue weighted by Crippen LogP contribution is -2.32. The molecule has 0 radical (unpaired) electrons. The van der Waals surface area contributed by atoms with Gasteiger partial charge in [-0.1, -0.05) is 29.3 Å². The Kier molecular flexibility index (Phi) is 11.5. The molecule has 2 aromatic carbocycles. The second kappa shape index (κ2) is 15.1. The minimum atomic E-state index is -4.29. The summed E-state index contributed by atoms with van der Waals surface area (Å²) in [4.78, 5) is 24.3. The van der Waals surface area contributed by atoms with Crippen LogP contribution in [0.2, 0.25) is 10.0 Å². The Morgan fingerprint density at radius 2 is 1.74 bits per heavy atom. The van der Waals surface area contributed by atoms with Crippen molar-refractivity contribution in [3.05, 3.63) is 75.2 Å². The van der Waals surface area contributed by atoms with E-state index in [1.807, 2.05) is 0 Å². The first-order valence-corrected chi connectivity index (χ1v) is 15.9. The molecular formula is C29H29Cl2F2N3O9S. The number of alkyl halides is 2. The Labute approximate surface area is 273 Å². The van der Waals surface area contributed by atoms with Gasteiger partial charge >= 0.3 is 12.6 Å². The summed E-state index contributed by atoms with van der Waals surface area (Å²) >= 11 is 12.5. The predicted octanol–water partition coefficient (Wildman–Crippen LogP) is 4.79. The normalized spacial score (nSPS) is 13.6. The van der Waals surface area contributed by atoms with Crippen molar-refractivity contribution in [2.45, 2.75) is 43.8 Å². The molecule has 1 heterocycles. The summed E-state index contributed by atoms with van der Waals surface area (Å²) in [6.07, 6.45) is 2.55. The maximum atomic E-state index is 13.1. The maximum Gasteiger partial charge on any atom is 0.387 e. The summed E-state index contributed by atoms with van der Waals surface area (Å²) in [6.45, 7) is -2.46. The fourth-order valence-electron chi connectivity index (χ4n) is 4.24. The van der Waals surface area contributed by atoms with Gasteiger partial charge in [-0.05, 0) is 54.7 Å². The van der Waals surface area contributed by atoms with Gasteiger partial charge in [-0.2, -0.15) is 18.2 Å². The number of anilines is 1. The van der Waals surface area contributed by atoms with E-state index < -0.39 is 41.2 Å². The highest BCUT2D eigenvalue weighted by molar-refractivity contribution is 7.89. The van der Waals surface area contributed by atoms with Gasteiger partial charge in [-0.15, -0.1) is 0 Å². The molecule has 1 amide bonds. The van der Waals surface area contributed by atoms with Gasteiger partial charge in [-0.3, -0.25) is 9.59 Å². The van der Waals surface area contributed by atoms with Gasteiger partial charge in [0, 0.05) is 18.9 Å². The first-order chi connectivity index (χ1) is 21.7. The van der Waals surface area contributed by atoms with Crippen LogP contribution < -0.4 is 29.0 Å². The van der Waals surface area contributed by atoms with Crippen molar-refractivity contribution in [1.29, 1.82) is 0 Å². The lowest BCUT2D eigenvalue weighted by atomic mass is 10.0. The molecule has 0 bridgehead atoms. The highest BCUT2D eigenvalue weighted by atomic mass is 35.5. The first-order valence-electron chi connectivity index (χ1n) is 13.7. The summed E-state index contributed by atoms with van der Waals surface area (Å²) in [5.41, 5.74) is 0.575. The maximum absolute atomic E-state index is 13.1. The zero-order valence-electron chi connectivity index (χ0n) is 24.4. The number of nitrogens with one attached hydrogen (secondary N) is 2. The number of methoxy groups -OCH3 is 1. The lowest BCUT2D eigenvalue weighted by molar-refractivity contribution is -0.605. The van der Waals surface area contributed by atoms with Crippen molar-refractivity contribution in [2.24, 2.45) is 5.92 Å². The van der Waals surface area contributed by atoms with Crippen LogP contribution in [0.1, 0.15) is 37.0 Å². The van der Waals surface area contributed by atoms with E-state index in [4.69, 9.17) is 37.4 Å². The van der Waals surface area contributed by atoms with E-state index in [0.717, 1.165) is 31.3 Å². The summed E-state index contributed by atoms with van der Waals surface area (Å²) in [5.74, 6) is -1.27. The van der Waals surface area contributed by atoms with Gasteiger partial charge in [0.05, 0.1) is 24.3 Å². The SMILES string of the molecule is COc1ccc(S(=O)(=O)NCC(=O)O[C@@H](Cc2c(Cl)c[n+]([O-])cc2Cl)c2ccc(OC(F)F)c(OCC3CC3)c2)cc1NC(C)=O. The average Bonchev–Trinajstić information content (AvgIpc) is 3.81. The third-order valence-corrected chi connectivity index (χ3v) is 8.70. The molecule has 0 aliphatic heterocycles. The minimum absolute atomic E-state index is 0.0245. The molecule has 0 saturated heterocycles.